The van der Waals surface area contributed by atoms with Gasteiger partial charge in [0.2, 0.25) is 0 Å². The molecular formula is C18H18N2O5S. The predicted octanol–water partition coefficient (Wildman–Crippen LogP) is 1.91. The van der Waals surface area contributed by atoms with Crippen LogP contribution < -0.4 is 15.4 Å². The van der Waals surface area contributed by atoms with Gasteiger partial charge in [-0.05, 0) is 41.6 Å². The molecule has 0 aliphatic carbocycles. The SMILES string of the molecule is O=C(COC(=O)c1ccc2c(c1)CCO2)NC(=O)NCCc1cccs1. The fourth-order valence-corrected chi connectivity index (χ4v) is 3.20. The van der Waals surface area contributed by atoms with Crippen molar-refractivity contribution < 1.29 is 23.9 Å². The van der Waals surface area contributed by atoms with Crippen molar-refractivity contribution in [3.8, 4) is 5.75 Å². The molecule has 0 spiro atoms. The first-order valence-corrected chi connectivity index (χ1v) is 9.03. The lowest BCUT2D eigenvalue weighted by Gasteiger charge is -2.08. The van der Waals surface area contributed by atoms with Gasteiger partial charge in [-0.1, -0.05) is 6.07 Å². The predicted molar refractivity (Wildman–Crippen MR) is 95.5 cm³/mol. The highest BCUT2D eigenvalue weighted by Crippen LogP contribution is 2.26. The number of esters is 1. The first-order valence-electron chi connectivity index (χ1n) is 8.15. The molecule has 0 saturated heterocycles. The van der Waals surface area contributed by atoms with Crippen LogP contribution >= 0.6 is 11.3 Å². The van der Waals surface area contributed by atoms with E-state index in [2.05, 4.69) is 10.6 Å². The molecule has 0 bridgehead atoms. The van der Waals surface area contributed by atoms with Crippen molar-refractivity contribution in [3.05, 3.63) is 51.7 Å². The van der Waals surface area contributed by atoms with Crippen molar-refractivity contribution in [1.82, 2.24) is 10.6 Å². The maximum absolute atomic E-state index is 12.0. The van der Waals surface area contributed by atoms with Gasteiger partial charge in [-0.25, -0.2) is 9.59 Å². The molecule has 2 N–H and O–H groups in total. The average molecular weight is 374 g/mol. The zero-order chi connectivity index (χ0) is 18.4. The van der Waals surface area contributed by atoms with E-state index in [1.54, 1.807) is 29.5 Å². The molecule has 26 heavy (non-hydrogen) atoms. The molecule has 2 heterocycles. The third kappa shape index (κ3) is 4.82. The zero-order valence-electron chi connectivity index (χ0n) is 13.9. The minimum atomic E-state index is -0.684. The zero-order valence-corrected chi connectivity index (χ0v) is 14.8. The summed E-state index contributed by atoms with van der Waals surface area (Å²) in [4.78, 5) is 36.5. The van der Waals surface area contributed by atoms with E-state index in [-0.39, 0.29) is 0 Å². The van der Waals surface area contributed by atoms with Crippen LogP contribution in [0.1, 0.15) is 20.8 Å². The van der Waals surface area contributed by atoms with Crippen molar-refractivity contribution in [3.63, 3.8) is 0 Å². The van der Waals surface area contributed by atoms with Crippen LogP contribution in [-0.4, -0.2) is 37.7 Å². The second-order valence-corrected chi connectivity index (χ2v) is 6.66. The molecular weight excluding hydrogens is 356 g/mol. The first-order chi connectivity index (χ1) is 12.6. The molecule has 0 atom stereocenters. The summed E-state index contributed by atoms with van der Waals surface area (Å²) in [6, 6.07) is 8.28. The van der Waals surface area contributed by atoms with Crippen LogP contribution in [0.15, 0.2) is 35.7 Å². The Labute approximate surface area is 154 Å². The van der Waals surface area contributed by atoms with Crippen LogP contribution in [0, 0.1) is 0 Å². The van der Waals surface area contributed by atoms with Crippen LogP contribution in [0.4, 0.5) is 4.79 Å². The third-order valence-corrected chi connectivity index (χ3v) is 4.69. The normalized spacial score (nSPS) is 12.0. The van der Waals surface area contributed by atoms with Gasteiger partial charge in [-0.3, -0.25) is 10.1 Å². The van der Waals surface area contributed by atoms with Gasteiger partial charge in [-0.2, -0.15) is 0 Å². The summed E-state index contributed by atoms with van der Waals surface area (Å²) in [6.07, 6.45) is 1.43. The molecule has 1 aromatic carbocycles. The maximum Gasteiger partial charge on any atom is 0.338 e. The number of carbonyl (C=O) groups excluding carboxylic acids is 3. The van der Waals surface area contributed by atoms with Gasteiger partial charge in [0.25, 0.3) is 5.91 Å². The number of hydrogen-bond acceptors (Lipinski definition) is 6. The standard InChI is InChI=1S/C18H18N2O5S/c21-16(20-18(23)19-7-5-14-2-1-9-26-14)11-25-17(22)13-3-4-15-12(10-13)6-8-24-15/h1-4,9-10H,5-8,11H2,(H2,19,20,21,23). The Balaban J connectivity index is 1.37. The fourth-order valence-electron chi connectivity index (χ4n) is 2.49. The van der Waals surface area contributed by atoms with Crippen LogP contribution in [-0.2, 0) is 22.4 Å². The lowest BCUT2D eigenvalue weighted by molar-refractivity contribution is -0.123. The highest BCUT2D eigenvalue weighted by atomic mass is 32.1. The van der Waals surface area contributed by atoms with Crippen molar-refractivity contribution in [2.45, 2.75) is 12.8 Å². The lowest BCUT2D eigenvalue weighted by atomic mass is 10.1. The first kappa shape index (κ1) is 17.9. The molecule has 0 radical (unpaired) electrons. The second kappa shape index (κ2) is 8.48. The number of ether oxygens (including phenoxy) is 2. The molecule has 1 aliphatic rings. The topological polar surface area (TPSA) is 93.7 Å². The number of urea groups is 1. The highest BCUT2D eigenvalue weighted by Gasteiger charge is 2.17. The number of benzene rings is 1. The van der Waals surface area contributed by atoms with E-state index in [1.807, 2.05) is 17.5 Å². The molecule has 0 fully saturated rings. The molecule has 2 aromatic rings. The maximum atomic E-state index is 12.0. The number of amides is 3. The Morgan fingerprint density at radius 3 is 2.92 bits per heavy atom. The van der Waals surface area contributed by atoms with Crippen LogP contribution in [0.25, 0.3) is 0 Å². The summed E-state index contributed by atoms with van der Waals surface area (Å²) < 4.78 is 10.3. The van der Waals surface area contributed by atoms with E-state index in [0.29, 0.717) is 25.1 Å². The molecule has 0 unspecified atom stereocenters. The summed E-state index contributed by atoms with van der Waals surface area (Å²) in [7, 11) is 0. The Morgan fingerprint density at radius 2 is 2.12 bits per heavy atom. The Kier molecular flexibility index (Phi) is 5.85. The lowest BCUT2D eigenvalue weighted by Crippen LogP contribution is -2.42. The van der Waals surface area contributed by atoms with Gasteiger partial charge in [0, 0.05) is 17.8 Å². The molecule has 1 aliphatic heterocycles. The summed E-state index contributed by atoms with van der Waals surface area (Å²) in [6.45, 7) is 0.485. The number of imide groups is 1. The number of fused-ring (bicyclic) bond motifs is 1. The Morgan fingerprint density at radius 1 is 1.23 bits per heavy atom. The summed E-state index contributed by atoms with van der Waals surface area (Å²) in [5.74, 6) is -0.539. The van der Waals surface area contributed by atoms with E-state index in [9.17, 15) is 14.4 Å². The van der Waals surface area contributed by atoms with Gasteiger partial charge in [0.1, 0.15) is 5.75 Å². The van der Waals surface area contributed by atoms with E-state index in [1.165, 1.54) is 0 Å². The summed E-state index contributed by atoms with van der Waals surface area (Å²) >= 11 is 1.60. The van der Waals surface area contributed by atoms with E-state index < -0.39 is 24.5 Å². The molecule has 3 rings (SSSR count). The van der Waals surface area contributed by atoms with Gasteiger partial charge in [0.15, 0.2) is 6.61 Å². The molecule has 136 valence electrons. The van der Waals surface area contributed by atoms with Crippen LogP contribution in [0.5, 0.6) is 5.75 Å². The van der Waals surface area contributed by atoms with Gasteiger partial charge >= 0.3 is 12.0 Å². The van der Waals surface area contributed by atoms with Crippen molar-refractivity contribution in [2.24, 2.45) is 0 Å². The van der Waals surface area contributed by atoms with Gasteiger partial charge in [0.05, 0.1) is 12.2 Å². The number of nitrogens with one attached hydrogen (secondary N) is 2. The molecule has 3 amide bonds. The number of rotatable bonds is 6. The largest absolute Gasteiger partial charge is 0.493 e. The summed E-state index contributed by atoms with van der Waals surface area (Å²) in [5, 5.41) is 6.67. The number of thiophene rings is 1. The average Bonchev–Trinajstić information content (AvgIpc) is 3.30. The van der Waals surface area contributed by atoms with Crippen molar-refractivity contribution >= 4 is 29.2 Å². The molecule has 7 nitrogen and oxygen atoms in total. The smallest absolute Gasteiger partial charge is 0.338 e. The molecule has 0 saturated carbocycles. The third-order valence-electron chi connectivity index (χ3n) is 3.75. The quantitative estimate of drug-likeness (QED) is 0.754. The minimum Gasteiger partial charge on any atom is -0.493 e. The molecule has 8 heteroatoms. The Hall–Kier alpha value is -2.87. The van der Waals surface area contributed by atoms with Gasteiger partial charge < -0.3 is 14.8 Å². The van der Waals surface area contributed by atoms with Crippen molar-refractivity contribution in [1.29, 1.82) is 0 Å². The fraction of sp³-hybridized carbons (Fsp3) is 0.278. The van der Waals surface area contributed by atoms with Crippen molar-refractivity contribution in [2.75, 3.05) is 19.8 Å². The monoisotopic (exact) mass is 374 g/mol. The summed E-state index contributed by atoms with van der Waals surface area (Å²) in [5.41, 5.74) is 1.29. The number of carbonyl (C=O) groups is 3. The highest BCUT2D eigenvalue weighted by molar-refractivity contribution is 7.09. The van der Waals surface area contributed by atoms with Gasteiger partial charge in [-0.15, -0.1) is 11.3 Å². The number of hydrogen-bond donors (Lipinski definition) is 2. The van der Waals surface area contributed by atoms with Crippen LogP contribution in [0.2, 0.25) is 0 Å². The van der Waals surface area contributed by atoms with E-state index in [4.69, 9.17) is 9.47 Å². The van der Waals surface area contributed by atoms with E-state index >= 15 is 0 Å². The Bertz CT molecular complexity index is 804. The minimum absolute atomic E-state index is 0.349. The van der Waals surface area contributed by atoms with Crippen LogP contribution in [0.3, 0.4) is 0 Å². The second-order valence-electron chi connectivity index (χ2n) is 5.63. The molecule has 1 aromatic heterocycles. The van der Waals surface area contributed by atoms with E-state index in [0.717, 1.165) is 22.6 Å².